The van der Waals surface area contributed by atoms with Crippen molar-refractivity contribution < 1.29 is 37.7 Å². The van der Waals surface area contributed by atoms with Crippen LogP contribution in [0.4, 0.5) is 13.2 Å². The second-order valence-corrected chi connectivity index (χ2v) is 11.2. The highest BCUT2D eigenvalue weighted by Crippen LogP contribution is 2.41. The second kappa shape index (κ2) is 13.4. The second-order valence-electron chi connectivity index (χ2n) is 10.8. The summed E-state index contributed by atoms with van der Waals surface area (Å²) < 4.78 is 47.4. The highest BCUT2D eigenvalue weighted by atomic mass is 35.5. The summed E-state index contributed by atoms with van der Waals surface area (Å²) in [6.07, 6.45) is 0.0604. The van der Waals surface area contributed by atoms with Crippen molar-refractivity contribution in [2.24, 2.45) is 5.92 Å². The monoisotopic (exact) mass is 596 g/mol. The molecule has 2 N–H and O–H groups in total. The molecule has 224 valence electrons. The van der Waals surface area contributed by atoms with Gasteiger partial charge in [0.25, 0.3) is 17.4 Å². The summed E-state index contributed by atoms with van der Waals surface area (Å²) in [5, 5.41) is 20.3. The van der Waals surface area contributed by atoms with Gasteiger partial charge in [0.2, 0.25) is 0 Å². The molecule has 41 heavy (non-hydrogen) atoms. The van der Waals surface area contributed by atoms with Gasteiger partial charge in [0.15, 0.2) is 0 Å². The van der Waals surface area contributed by atoms with Crippen LogP contribution in [-0.4, -0.2) is 76.9 Å². The molecule has 0 saturated carbocycles. The minimum atomic E-state index is -5.14. The minimum Gasteiger partial charge on any atom is -0.494 e. The van der Waals surface area contributed by atoms with Crippen molar-refractivity contribution in [1.29, 1.82) is 0 Å². The normalized spacial score (nSPS) is 19.7. The van der Waals surface area contributed by atoms with E-state index in [0.717, 1.165) is 49.1 Å². The first-order valence-corrected chi connectivity index (χ1v) is 14.4. The van der Waals surface area contributed by atoms with Crippen LogP contribution in [0.3, 0.4) is 0 Å². The van der Waals surface area contributed by atoms with Crippen LogP contribution in [0.1, 0.15) is 60.9 Å². The van der Waals surface area contributed by atoms with Crippen molar-refractivity contribution in [2.45, 2.75) is 62.8 Å². The molecule has 2 aromatic carbocycles. The van der Waals surface area contributed by atoms with Gasteiger partial charge in [0.1, 0.15) is 5.75 Å². The number of likely N-dealkylation sites (tertiary alicyclic amines) is 2. The molecule has 0 aliphatic carbocycles. The molecule has 2 saturated heterocycles. The van der Waals surface area contributed by atoms with E-state index in [0.29, 0.717) is 42.3 Å². The highest BCUT2D eigenvalue weighted by molar-refractivity contribution is 6.34. The molecule has 0 radical (unpaired) electrons. The lowest BCUT2D eigenvalue weighted by Gasteiger charge is -2.38. The molecule has 0 spiro atoms. The van der Waals surface area contributed by atoms with Gasteiger partial charge in [0.05, 0.1) is 29.8 Å². The van der Waals surface area contributed by atoms with Gasteiger partial charge in [-0.15, -0.1) is 0 Å². The van der Waals surface area contributed by atoms with Gasteiger partial charge in [-0.2, -0.15) is 13.2 Å². The molecule has 4 rings (SSSR count). The molecule has 0 bridgehead atoms. The Morgan fingerprint density at radius 3 is 2.34 bits per heavy atom. The number of carbonyl (C=O) groups excluding carboxylic acids is 2. The van der Waals surface area contributed by atoms with Crippen molar-refractivity contribution in [3.05, 3.63) is 64.7 Å². The summed E-state index contributed by atoms with van der Waals surface area (Å²) in [6, 6.07) is 11.3. The van der Waals surface area contributed by atoms with Gasteiger partial charge >= 0.3 is 6.18 Å². The Hall–Kier alpha value is -2.82. The first-order chi connectivity index (χ1) is 19.6. The van der Waals surface area contributed by atoms with Gasteiger partial charge in [0, 0.05) is 25.2 Å². The van der Waals surface area contributed by atoms with E-state index >= 15 is 0 Å². The third kappa shape index (κ3) is 6.98. The zero-order chi connectivity index (χ0) is 29.6. The van der Waals surface area contributed by atoms with E-state index in [2.05, 4.69) is 0 Å². The van der Waals surface area contributed by atoms with Crippen LogP contribution in [0, 0.1) is 5.92 Å². The summed E-state index contributed by atoms with van der Waals surface area (Å²) in [5.74, 6) is -0.714. The van der Waals surface area contributed by atoms with Crippen LogP contribution in [-0.2, 0) is 10.4 Å². The number of ether oxygens (including phenoxy) is 1. The molecule has 7 nitrogen and oxygen atoms in total. The number of alkyl halides is 3. The third-order valence-electron chi connectivity index (χ3n) is 8.11. The fourth-order valence-electron chi connectivity index (χ4n) is 5.67. The number of benzene rings is 2. The first-order valence-electron chi connectivity index (χ1n) is 14.0. The minimum absolute atomic E-state index is 0.0720. The highest BCUT2D eigenvalue weighted by Gasteiger charge is 2.62. The molecule has 2 amide bonds. The molecule has 2 aliphatic rings. The Labute approximate surface area is 242 Å². The van der Waals surface area contributed by atoms with Crippen LogP contribution in [0.15, 0.2) is 48.5 Å². The molecule has 11 heteroatoms. The Balaban J connectivity index is 1.20. The van der Waals surface area contributed by atoms with Crippen molar-refractivity contribution in [1.82, 2.24) is 9.80 Å². The quantitative estimate of drug-likeness (QED) is 0.369. The van der Waals surface area contributed by atoms with Gasteiger partial charge in [-0.3, -0.25) is 9.59 Å². The molecular formula is C30H36ClF3N2O5. The topological polar surface area (TPSA) is 90.3 Å². The third-order valence-corrected chi connectivity index (χ3v) is 8.42. The maximum Gasteiger partial charge on any atom is 0.430 e. The van der Waals surface area contributed by atoms with E-state index in [1.54, 1.807) is 23.1 Å². The number of halogens is 4. The Morgan fingerprint density at radius 1 is 1.00 bits per heavy atom. The molecule has 2 fully saturated rings. The zero-order valence-corrected chi connectivity index (χ0v) is 23.5. The lowest BCUT2D eigenvalue weighted by molar-refractivity contribution is -0.262. The van der Waals surface area contributed by atoms with E-state index in [1.165, 1.54) is 18.2 Å². The van der Waals surface area contributed by atoms with Gasteiger partial charge in [-0.05, 0) is 62.6 Å². The Bertz CT molecular complexity index is 1190. The molecule has 2 heterocycles. The predicted octanol–water partition coefficient (Wildman–Crippen LogP) is 5.17. The van der Waals surface area contributed by atoms with Crippen LogP contribution >= 0.6 is 11.6 Å². The number of rotatable bonds is 10. The SMILES string of the molecule is O=C(c1ccc(OCCCCC2CCN(C(=O)C(O)(c3ccccc3)C(F)(F)F)CC2)cc1Cl)N1CCC[C@@H]1CO. The average molecular weight is 597 g/mol. The molecular weight excluding hydrogens is 561 g/mol. The zero-order valence-electron chi connectivity index (χ0n) is 22.8. The predicted molar refractivity (Wildman–Crippen MR) is 148 cm³/mol. The van der Waals surface area contributed by atoms with Gasteiger partial charge in [-0.1, -0.05) is 48.4 Å². The maximum absolute atomic E-state index is 13.9. The fraction of sp³-hybridized carbons (Fsp3) is 0.533. The molecule has 0 aromatic heterocycles. The largest absolute Gasteiger partial charge is 0.494 e. The number of hydrogen-bond donors (Lipinski definition) is 2. The van der Waals surface area contributed by atoms with E-state index in [9.17, 15) is 33.0 Å². The lowest BCUT2D eigenvalue weighted by Crippen LogP contribution is -2.57. The van der Waals surface area contributed by atoms with E-state index in [-0.39, 0.29) is 37.6 Å². The Kier molecular flexibility index (Phi) is 10.2. The number of amides is 2. The number of aliphatic hydroxyl groups is 2. The number of nitrogens with zero attached hydrogens (tertiary/aromatic N) is 2. The van der Waals surface area contributed by atoms with Gasteiger partial charge in [-0.25, -0.2) is 0 Å². The summed E-state index contributed by atoms with van der Waals surface area (Å²) in [5.41, 5.74) is -3.67. The molecule has 2 aromatic rings. The van der Waals surface area contributed by atoms with Crippen LogP contribution in [0.2, 0.25) is 5.02 Å². The van der Waals surface area contributed by atoms with E-state index in [1.807, 2.05) is 0 Å². The summed E-state index contributed by atoms with van der Waals surface area (Å²) >= 11 is 6.36. The van der Waals surface area contributed by atoms with Crippen LogP contribution in [0.25, 0.3) is 0 Å². The van der Waals surface area contributed by atoms with Crippen molar-refractivity contribution in [2.75, 3.05) is 32.8 Å². The maximum atomic E-state index is 13.9. The van der Waals surface area contributed by atoms with Crippen molar-refractivity contribution in [3.63, 3.8) is 0 Å². The van der Waals surface area contributed by atoms with Crippen LogP contribution in [0.5, 0.6) is 5.75 Å². The van der Waals surface area contributed by atoms with Crippen molar-refractivity contribution >= 4 is 23.4 Å². The standard InChI is InChI=1S/C30H36ClF3N2O5/c31-26-19-24(11-12-25(26)27(38)36-15-6-10-23(36)20-37)41-18-5-4-7-21-13-16-35(17-14-21)28(39)29(40,30(32,33)34)22-8-2-1-3-9-22/h1-3,8-9,11-12,19,21,23,37,40H,4-7,10,13-18,20H2/t23-,29?/m1/s1. The number of aliphatic hydroxyl groups excluding tert-OH is 1. The molecule has 1 unspecified atom stereocenters. The number of piperidine rings is 1. The van der Waals surface area contributed by atoms with Crippen molar-refractivity contribution in [3.8, 4) is 5.75 Å². The number of carbonyl (C=O) groups is 2. The summed E-state index contributed by atoms with van der Waals surface area (Å²) in [7, 11) is 0. The average Bonchev–Trinajstić information content (AvgIpc) is 3.45. The van der Waals surface area contributed by atoms with Gasteiger partial charge < -0.3 is 24.7 Å². The number of unbranched alkanes of at least 4 members (excludes halogenated alkanes) is 1. The van der Waals surface area contributed by atoms with Crippen LogP contribution < -0.4 is 4.74 Å². The van der Waals surface area contributed by atoms with E-state index < -0.39 is 23.2 Å². The van der Waals surface area contributed by atoms with E-state index in [4.69, 9.17) is 16.3 Å². The summed E-state index contributed by atoms with van der Waals surface area (Å²) in [4.78, 5) is 28.5. The smallest absolute Gasteiger partial charge is 0.430 e. The fourth-order valence-corrected chi connectivity index (χ4v) is 5.92. The summed E-state index contributed by atoms with van der Waals surface area (Å²) in [6.45, 7) is 1.28. The Morgan fingerprint density at radius 2 is 1.71 bits per heavy atom. The molecule has 2 atom stereocenters. The lowest BCUT2D eigenvalue weighted by atomic mass is 9.88. The first kappa shape index (κ1) is 31.1. The molecule has 2 aliphatic heterocycles. The number of hydrogen-bond acceptors (Lipinski definition) is 5.